The number of carboxylic acids is 1. The molecule has 4 nitrogen and oxygen atoms in total. The van der Waals surface area contributed by atoms with E-state index in [1.54, 1.807) is 12.1 Å². The van der Waals surface area contributed by atoms with E-state index in [1.165, 1.54) is 12.8 Å². The van der Waals surface area contributed by atoms with Crippen molar-refractivity contribution < 1.29 is 9.90 Å². The van der Waals surface area contributed by atoms with Gasteiger partial charge in [-0.3, -0.25) is 0 Å². The lowest BCUT2D eigenvalue weighted by molar-refractivity contribution is 0.0696. The second kappa shape index (κ2) is 7.12. The van der Waals surface area contributed by atoms with E-state index in [0.29, 0.717) is 11.6 Å². The van der Waals surface area contributed by atoms with Gasteiger partial charge in [0, 0.05) is 18.3 Å². The first-order chi connectivity index (χ1) is 8.95. The molecule has 0 atom stereocenters. The van der Waals surface area contributed by atoms with Crippen LogP contribution in [0.4, 0.5) is 5.82 Å². The summed E-state index contributed by atoms with van der Waals surface area (Å²) in [5, 5.41) is 9.12. The topological polar surface area (TPSA) is 53.4 Å². The molecule has 0 spiro atoms. The van der Waals surface area contributed by atoms with Crippen molar-refractivity contribution in [2.24, 2.45) is 0 Å². The molecule has 0 aliphatic heterocycles. The summed E-state index contributed by atoms with van der Waals surface area (Å²) < 4.78 is 0. The van der Waals surface area contributed by atoms with Crippen LogP contribution in [0.25, 0.3) is 0 Å². The number of aromatic nitrogens is 1. The maximum Gasteiger partial charge on any atom is 0.335 e. The summed E-state index contributed by atoms with van der Waals surface area (Å²) in [6.07, 6.45) is 3.46. The molecule has 1 rings (SSSR count). The quantitative estimate of drug-likeness (QED) is 0.766. The molecular formula is C15H24N2O2. The predicted molar refractivity (Wildman–Crippen MR) is 77.9 cm³/mol. The molecule has 0 aromatic carbocycles. The van der Waals surface area contributed by atoms with Gasteiger partial charge in [0.2, 0.25) is 0 Å². The summed E-state index contributed by atoms with van der Waals surface area (Å²) in [6, 6.07) is 3.59. The lowest BCUT2D eigenvalue weighted by atomic mass is 10.2. The molecule has 0 radical (unpaired) electrons. The monoisotopic (exact) mass is 264 g/mol. The van der Waals surface area contributed by atoms with Gasteiger partial charge < -0.3 is 10.0 Å². The number of unbranched alkanes of at least 4 members (excludes halogenated alkanes) is 2. The minimum Gasteiger partial charge on any atom is -0.478 e. The Balaban J connectivity index is 2.98. The molecular weight excluding hydrogens is 240 g/mol. The number of rotatable bonds is 7. The molecule has 0 saturated carbocycles. The van der Waals surface area contributed by atoms with Crippen molar-refractivity contribution in [3.05, 3.63) is 23.4 Å². The Kier molecular flexibility index (Phi) is 5.80. The fraction of sp³-hybridized carbons (Fsp3) is 0.600. The minimum atomic E-state index is -0.899. The highest BCUT2D eigenvalue weighted by molar-refractivity contribution is 5.88. The van der Waals surface area contributed by atoms with Gasteiger partial charge in [0.25, 0.3) is 0 Å². The molecule has 0 aliphatic carbocycles. The number of aromatic carboxylic acids is 1. The first-order valence-corrected chi connectivity index (χ1v) is 6.94. The summed E-state index contributed by atoms with van der Waals surface area (Å²) in [5.74, 6) is -0.132. The molecule has 0 aliphatic rings. The Labute approximate surface area is 115 Å². The second-order valence-electron chi connectivity index (χ2n) is 5.15. The smallest absolute Gasteiger partial charge is 0.335 e. The highest BCUT2D eigenvalue weighted by atomic mass is 16.4. The minimum absolute atomic E-state index is 0.309. The molecule has 0 saturated heterocycles. The standard InChI is InChI=1S/C15H24N2O2/c1-5-6-7-8-17(11(2)3)14-10-13(15(18)19)9-12(4)16-14/h9-11H,5-8H2,1-4H3,(H,18,19). The number of carboxylic acid groups (broad SMARTS) is 1. The maximum atomic E-state index is 11.1. The van der Waals surface area contributed by atoms with Crippen molar-refractivity contribution in [1.82, 2.24) is 4.98 Å². The normalized spacial score (nSPS) is 10.8. The molecule has 0 unspecified atom stereocenters. The number of pyridine rings is 1. The number of hydrogen-bond acceptors (Lipinski definition) is 3. The third kappa shape index (κ3) is 4.54. The van der Waals surface area contributed by atoms with Gasteiger partial charge in [-0.15, -0.1) is 0 Å². The van der Waals surface area contributed by atoms with Gasteiger partial charge in [-0.2, -0.15) is 0 Å². The molecule has 0 amide bonds. The highest BCUT2D eigenvalue weighted by Crippen LogP contribution is 2.18. The molecule has 1 aromatic rings. The van der Waals surface area contributed by atoms with Crippen LogP contribution in [0.5, 0.6) is 0 Å². The molecule has 4 heteroatoms. The Morgan fingerprint density at radius 2 is 2.05 bits per heavy atom. The third-order valence-electron chi connectivity index (χ3n) is 3.11. The van der Waals surface area contributed by atoms with Crippen LogP contribution in [-0.4, -0.2) is 28.6 Å². The fourth-order valence-corrected chi connectivity index (χ4v) is 2.09. The molecule has 19 heavy (non-hydrogen) atoms. The third-order valence-corrected chi connectivity index (χ3v) is 3.11. The van der Waals surface area contributed by atoms with Crippen LogP contribution < -0.4 is 4.90 Å². The Morgan fingerprint density at radius 1 is 1.37 bits per heavy atom. The molecule has 106 valence electrons. The van der Waals surface area contributed by atoms with Gasteiger partial charge in [-0.05, 0) is 39.3 Å². The summed E-state index contributed by atoms with van der Waals surface area (Å²) in [4.78, 5) is 17.8. The number of carbonyl (C=O) groups is 1. The maximum absolute atomic E-state index is 11.1. The summed E-state index contributed by atoms with van der Waals surface area (Å²) >= 11 is 0. The molecule has 1 N–H and O–H groups in total. The Morgan fingerprint density at radius 3 is 2.58 bits per heavy atom. The van der Waals surface area contributed by atoms with Crippen molar-refractivity contribution in [1.29, 1.82) is 0 Å². The van der Waals surface area contributed by atoms with Gasteiger partial charge in [0.05, 0.1) is 5.56 Å². The zero-order chi connectivity index (χ0) is 14.4. The predicted octanol–water partition coefficient (Wildman–Crippen LogP) is 3.49. The van der Waals surface area contributed by atoms with Crippen molar-refractivity contribution >= 4 is 11.8 Å². The first-order valence-electron chi connectivity index (χ1n) is 6.94. The van der Waals surface area contributed by atoms with E-state index in [9.17, 15) is 4.79 Å². The van der Waals surface area contributed by atoms with E-state index in [2.05, 4.69) is 30.7 Å². The lowest BCUT2D eigenvalue weighted by Gasteiger charge is -2.28. The summed E-state index contributed by atoms with van der Waals surface area (Å²) in [5.41, 5.74) is 1.06. The van der Waals surface area contributed by atoms with Crippen LogP contribution in [0, 0.1) is 6.92 Å². The van der Waals surface area contributed by atoms with Gasteiger partial charge in [-0.1, -0.05) is 19.8 Å². The fourth-order valence-electron chi connectivity index (χ4n) is 2.09. The van der Waals surface area contributed by atoms with Gasteiger partial charge in [0.15, 0.2) is 0 Å². The van der Waals surface area contributed by atoms with Crippen molar-refractivity contribution in [2.45, 2.75) is 53.0 Å². The van der Waals surface area contributed by atoms with E-state index >= 15 is 0 Å². The first kappa shape index (κ1) is 15.5. The van der Waals surface area contributed by atoms with E-state index in [-0.39, 0.29) is 0 Å². The highest BCUT2D eigenvalue weighted by Gasteiger charge is 2.14. The zero-order valence-electron chi connectivity index (χ0n) is 12.3. The molecule has 1 aromatic heterocycles. The van der Waals surface area contributed by atoms with Crippen molar-refractivity contribution in [2.75, 3.05) is 11.4 Å². The van der Waals surface area contributed by atoms with Crippen LogP contribution in [0.3, 0.4) is 0 Å². The van der Waals surface area contributed by atoms with E-state index in [0.717, 1.165) is 24.5 Å². The number of aryl methyl sites for hydroxylation is 1. The van der Waals surface area contributed by atoms with Crippen LogP contribution in [0.1, 0.15) is 56.1 Å². The van der Waals surface area contributed by atoms with E-state index < -0.39 is 5.97 Å². The number of nitrogens with zero attached hydrogens (tertiary/aromatic N) is 2. The lowest BCUT2D eigenvalue weighted by Crippen LogP contribution is -2.32. The van der Waals surface area contributed by atoms with E-state index in [4.69, 9.17) is 5.11 Å². The zero-order valence-corrected chi connectivity index (χ0v) is 12.3. The summed E-state index contributed by atoms with van der Waals surface area (Å²) in [7, 11) is 0. The average molecular weight is 264 g/mol. The number of anilines is 1. The molecule has 0 fully saturated rings. The van der Waals surface area contributed by atoms with Gasteiger partial charge in [0.1, 0.15) is 5.82 Å². The van der Waals surface area contributed by atoms with Crippen molar-refractivity contribution in [3.63, 3.8) is 0 Å². The van der Waals surface area contributed by atoms with Gasteiger partial charge >= 0.3 is 5.97 Å². The van der Waals surface area contributed by atoms with Gasteiger partial charge in [-0.25, -0.2) is 9.78 Å². The Hall–Kier alpha value is -1.58. The molecule has 0 bridgehead atoms. The largest absolute Gasteiger partial charge is 0.478 e. The molecule has 1 heterocycles. The van der Waals surface area contributed by atoms with E-state index in [1.807, 2.05) is 6.92 Å². The van der Waals surface area contributed by atoms with Crippen LogP contribution in [0.2, 0.25) is 0 Å². The van der Waals surface area contributed by atoms with Crippen LogP contribution >= 0.6 is 0 Å². The van der Waals surface area contributed by atoms with Crippen LogP contribution in [0.15, 0.2) is 12.1 Å². The number of hydrogen-bond donors (Lipinski definition) is 1. The van der Waals surface area contributed by atoms with Crippen molar-refractivity contribution in [3.8, 4) is 0 Å². The summed E-state index contributed by atoms with van der Waals surface area (Å²) in [6.45, 7) is 9.14. The average Bonchev–Trinajstić information content (AvgIpc) is 2.33. The second-order valence-corrected chi connectivity index (χ2v) is 5.15. The SMILES string of the molecule is CCCCCN(c1cc(C(=O)O)cc(C)n1)C(C)C. The Bertz CT molecular complexity index is 430. The van der Waals surface area contributed by atoms with Crippen LogP contribution in [-0.2, 0) is 0 Å².